The number of thiophene rings is 1. The maximum absolute atomic E-state index is 13.2. The summed E-state index contributed by atoms with van der Waals surface area (Å²) in [6, 6.07) is 8.87. The van der Waals surface area contributed by atoms with Gasteiger partial charge in [-0.25, -0.2) is 4.39 Å². The fourth-order valence-corrected chi connectivity index (χ4v) is 2.64. The quantitative estimate of drug-likeness (QED) is 0.809. The van der Waals surface area contributed by atoms with Crippen LogP contribution in [0.1, 0.15) is 10.4 Å². The van der Waals surface area contributed by atoms with Crippen molar-refractivity contribution in [3.05, 3.63) is 50.4 Å². The van der Waals surface area contributed by atoms with Gasteiger partial charge in [-0.05, 0) is 46.6 Å². The molecule has 0 unspecified atom stereocenters. The summed E-state index contributed by atoms with van der Waals surface area (Å²) in [6.07, 6.45) is 0. The first-order valence-corrected chi connectivity index (χ1v) is 6.39. The second-order valence-corrected chi connectivity index (χ2v) is 5.95. The highest BCUT2D eigenvalue weighted by Crippen LogP contribution is 2.24. The van der Waals surface area contributed by atoms with Crippen LogP contribution in [-0.4, -0.2) is 0 Å². The normalized spacial score (nSPS) is 10.4. The smallest absolute Gasteiger partial charge is 0.129 e. The topological polar surface area (TPSA) is 9.23 Å². The molecule has 2 aromatic rings. The zero-order valence-electron chi connectivity index (χ0n) is 8.67. The molecule has 1 aromatic carbocycles. The van der Waals surface area contributed by atoms with Crippen molar-refractivity contribution in [1.82, 2.24) is 0 Å². The number of benzene rings is 1. The Labute approximate surface area is 106 Å². The Morgan fingerprint density at radius 2 is 2.12 bits per heavy atom. The highest BCUT2D eigenvalue weighted by Gasteiger charge is 2.02. The third-order valence-electron chi connectivity index (χ3n) is 2.15. The predicted octanol–water partition coefficient (Wildman–Crippen LogP) is 4.54. The summed E-state index contributed by atoms with van der Waals surface area (Å²) in [5, 5.41) is 0. The minimum atomic E-state index is -0.232. The molecule has 1 nitrogen and oxygen atoms in total. The molecule has 0 amide bonds. The molecule has 0 radical (unpaired) electrons. The monoisotopic (exact) mass is 300 g/mol. The van der Waals surface area contributed by atoms with E-state index in [9.17, 15) is 4.39 Å². The minimum absolute atomic E-state index is 0.232. The van der Waals surface area contributed by atoms with Gasteiger partial charge < -0.3 is 4.74 Å². The van der Waals surface area contributed by atoms with Crippen LogP contribution in [0.4, 0.5) is 4.39 Å². The molecule has 0 spiro atoms. The maximum atomic E-state index is 13.2. The van der Waals surface area contributed by atoms with Gasteiger partial charge in [-0.15, -0.1) is 11.3 Å². The Balaban J connectivity index is 2.02. The molecule has 1 heterocycles. The largest absolute Gasteiger partial charge is 0.488 e. The molecule has 0 atom stereocenters. The van der Waals surface area contributed by atoms with Crippen molar-refractivity contribution in [1.29, 1.82) is 0 Å². The summed E-state index contributed by atoms with van der Waals surface area (Å²) < 4.78 is 19.8. The number of aryl methyl sites for hydroxylation is 1. The maximum Gasteiger partial charge on any atom is 0.129 e. The van der Waals surface area contributed by atoms with E-state index in [1.807, 2.05) is 12.1 Å². The SMILES string of the molecule is Cc1ccc(OCc2ccc(Br)s2)cc1F. The van der Waals surface area contributed by atoms with E-state index >= 15 is 0 Å². The molecule has 84 valence electrons. The molecule has 0 aliphatic heterocycles. The average Bonchev–Trinajstić information content (AvgIpc) is 2.66. The van der Waals surface area contributed by atoms with Gasteiger partial charge in [-0.2, -0.15) is 0 Å². The van der Waals surface area contributed by atoms with Crippen LogP contribution in [0.25, 0.3) is 0 Å². The lowest BCUT2D eigenvalue weighted by atomic mass is 10.2. The van der Waals surface area contributed by atoms with Crippen LogP contribution in [0.5, 0.6) is 5.75 Å². The third kappa shape index (κ3) is 2.83. The van der Waals surface area contributed by atoms with Gasteiger partial charge in [0, 0.05) is 10.9 Å². The van der Waals surface area contributed by atoms with Crippen molar-refractivity contribution in [3.8, 4) is 5.75 Å². The number of rotatable bonds is 3. The van der Waals surface area contributed by atoms with Gasteiger partial charge in [0.05, 0.1) is 3.79 Å². The van der Waals surface area contributed by atoms with Crippen molar-refractivity contribution < 1.29 is 9.13 Å². The van der Waals surface area contributed by atoms with Crippen LogP contribution < -0.4 is 4.74 Å². The third-order valence-corrected chi connectivity index (χ3v) is 3.75. The molecular weight excluding hydrogens is 291 g/mol. The fraction of sp³-hybridized carbons (Fsp3) is 0.167. The molecule has 16 heavy (non-hydrogen) atoms. The lowest BCUT2D eigenvalue weighted by Gasteiger charge is -2.05. The molecule has 2 rings (SSSR count). The molecule has 0 aliphatic rings. The average molecular weight is 301 g/mol. The highest BCUT2D eigenvalue weighted by atomic mass is 79.9. The number of hydrogen-bond acceptors (Lipinski definition) is 2. The van der Waals surface area contributed by atoms with Crippen LogP contribution in [0.3, 0.4) is 0 Å². The first kappa shape index (κ1) is 11.6. The van der Waals surface area contributed by atoms with E-state index in [2.05, 4.69) is 15.9 Å². The first-order valence-electron chi connectivity index (χ1n) is 4.78. The zero-order valence-corrected chi connectivity index (χ0v) is 11.1. The predicted molar refractivity (Wildman–Crippen MR) is 67.5 cm³/mol. The molecular formula is C12H10BrFOS. The van der Waals surface area contributed by atoms with E-state index in [0.717, 1.165) is 8.66 Å². The van der Waals surface area contributed by atoms with Crippen LogP contribution in [-0.2, 0) is 6.61 Å². The van der Waals surface area contributed by atoms with Gasteiger partial charge in [-0.1, -0.05) is 6.07 Å². The van der Waals surface area contributed by atoms with Gasteiger partial charge in [-0.3, -0.25) is 0 Å². The Hall–Kier alpha value is -0.870. The van der Waals surface area contributed by atoms with Gasteiger partial charge >= 0.3 is 0 Å². The van der Waals surface area contributed by atoms with E-state index in [-0.39, 0.29) is 5.82 Å². The van der Waals surface area contributed by atoms with Crippen molar-refractivity contribution >= 4 is 27.3 Å². The van der Waals surface area contributed by atoms with E-state index in [0.29, 0.717) is 17.9 Å². The Morgan fingerprint density at radius 1 is 1.31 bits per heavy atom. The van der Waals surface area contributed by atoms with E-state index in [1.54, 1.807) is 30.4 Å². The lowest BCUT2D eigenvalue weighted by molar-refractivity contribution is 0.308. The van der Waals surface area contributed by atoms with Gasteiger partial charge in [0.15, 0.2) is 0 Å². The highest BCUT2D eigenvalue weighted by molar-refractivity contribution is 9.11. The molecule has 0 N–H and O–H groups in total. The van der Waals surface area contributed by atoms with E-state index in [1.165, 1.54) is 6.07 Å². The van der Waals surface area contributed by atoms with Gasteiger partial charge in [0.2, 0.25) is 0 Å². The summed E-state index contributed by atoms with van der Waals surface area (Å²) in [5.41, 5.74) is 0.631. The minimum Gasteiger partial charge on any atom is -0.488 e. The molecule has 0 aliphatic carbocycles. The van der Waals surface area contributed by atoms with Gasteiger partial charge in [0.25, 0.3) is 0 Å². The van der Waals surface area contributed by atoms with Crippen LogP contribution in [0.2, 0.25) is 0 Å². The van der Waals surface area contributed by atoms with Crippen LogP contribution in [0.15, 0.2) is 34.1 Å². The molecule has 4 heteroatoms. The summed E-state index contributed by atoms with van der Waals surface area (Å²) >= 11 is 4.99. The second-order valence-electron chi connectivity index (χ2n) is 3.41. The van der Waals surface area contributed by atoms with Crippen molar-refractivity contribution in [2.75, 3.05) is 0 Å². The fourth-order valence-electron chi connectivity index (χ4n) is 1.25. The summed E-state index contributed by atoms with van der Waals surface area (Å²) in [4.78, 5) is 1.10. The number of ether oxygens (including phenoxy) is 1. The molecule has 0 saturated heterocycles. The second kappa shape index (κ2) is 4.97. The van der Waals surface area contributed by atoms with Gasteiger partial charge in [0.1, 0.15) is 18.2 Å². The lowest BCUT2D eigenvalue weighted by Crippen LogP contribution is -1.93. The standard InChI is InChI=1S/C12H10BrFOS/c1-8-2-3-9(6-11(8)14)15-7-10-4-5-12(13)16-10/h2-6H,7H2,1H3. The van der Waals surface area contributed by atoms with Crippen molar-refractivity contribution in [3.63, 3.8) is 0 Å². The van der Waals surface area contributed by atoms with E-state index < -0.39 is 0 Å². The van der Waals surface area contributed by atoms with Crippen molar-refractivity contribution in [2.24, 2.45) is 0 Å². The summed E-state index contributed by atoms with van der Waals surface area (Å²) in [5.74, 6) is 0.331. The van der Waals surface area contributed by atoms with Crippen LogP contribution in [0, 0.1) is 12.7 Å². The Morgan fingerprint density at radius 3 is 2.75 bits per heavy atom. The zero-order chi connectivity index (χ0) is 11.5. The van der Waals surface area contributed by atoms with E-state index in [4.69, 9.17) is 4.74 Å². The molecule has 0 fully saturated rings. The summed E-state index contributed by atoms with van der Waals surface area (Å²) in [6.45, 7) is 2.20. The molecule has 1 aromatic heterocycles. The Bertz CT molecular complexity index is 496. The molecule has 0 saturated carbocycles. The number of hydrogen-bond donors (Lipinski definition) is 0. The Kier molecular flexibility index (Phi) is 3.61. The summed E-state index contributed by atoms with van der Waals surface area (Å²) in [7, 11) is 0. The first-order chi connectivity index (χ1) is 7.65. The van der Waals surface area contributed by atoms with Crippen molar-refractivity contribution in [2.45, 2.75) is 13.5 Å². The number of halogens is 2. The van der Waals surface area contributed by atoms with Crippen LogP contribution >= 0.6 is 27.3 Å². The molecule has 0 bridgehead atoms.